The zero-order valence-corrected chi connectivity index (χ0v) is 12.7. The van der Waals surface area contributed by atoms with Gasteiger partial charge in [-0.1, -0.05) is 0 Å². The maximum Gasteiger partial charge on any atom is 0.390 e. The fraction of sp³-hybridized carbons (Fsp3) is 0.583. The van der Waals surface area contributed by atoms with Crippen LogP contribution in [0.1, 0.15) is 23.0 Å². The van der Waals surface area contributed by atoms with Gasteiger partial charge >= 0.3 is 12.1 Å². The summed E-state index contributed by atoms with van der Waals surface area (Å²) in [5, 5.41) is 0.363. The Balaban J connectivity index is 3.01. The highest BCUT2D eigenvalue weighted by Gasteiger charge is 2.29. The van der Waals surface area contributed by atoms with Gasteiger partial charge in [0.1, 0.15) is 15.6 Å². The maximum absolute atomic E-state index is 12.3. The van der Waals surface area contributed by atoms with E-state index >= 15 is 0 Å². The lowest BCUT2D eigenvalue weighted by molar-refractivity contribution is -0.132. The van der Waals surface area contributed by atoms with Crippen LogP contribution in [0.15, 0.2) is 0 Å². The van der Waals surface area contributed by atoms with Crippen LogP contribution in [0.4, 0.5) is 23.9 Å². The zero-order valence-electron chi connectivity index (χ0n) is 11.9. The molecular formula is C12H17F3N2O3S. The molecule has 0 bridgehead atoms. The van der Waals surface area contributed by atoms with Crippen LogP contribution in [0.2, 0.25) is 0 Å². The summed E-state index contributed by atoms with van der Waals surface area (Å²) in [6, 6.07) is 0. The second-order valence-corrected chi connectivity index (χ2v) is 5.19. The smallest absolute Gasteiger partial charge is 0.390 e. The number of carbonyl (C=O) groups excluding carboxylic acids is 1. The van der Waals surface area contributed by atoms with Crippen LogP contribution >= 0.6 is 11.3 Å². The molecule has 0 radical (unpaired) electrons. The predicted octanol–water partition coefficient (Wildman–Crippen LogP) is 2.90. The number of nitrogen functional groups attached to an aromatic ring is 1. The van der Waals surface area contributed by atoms with Gasteiger partial charge in [0.05, 0.1) is 20.1 Å². The van der Waals surface area contributed by atoms with Gasteiger partial charge in [-0.05, 0) is 6.92 Å². The summed E-state index contributed by atoms with van der Waals surface area (Å²) < 4.78 is 46.8. The van der Waals surface area contributed by atoms with Gasteiger partial charge in [-0.15, -0.1) is 11.3 Å². The first kappa shape index (κ1) is 17.4. The third-order valence-electron chi connectivity index (χ3n) is 2.62. The van der Waals surface area contributed by atoms with E-state index in [2.05, 4.69) is 0 Å². The molecule has 0 amide bonds. The van der Waals surface area contributed by atoms with E-state index in [1.165, 1.54) is 19.1 Å². The fourth-order valence-corrected chi connectivity index (χ4v) is 2.68. The molecule has 0 spiro atoms. The number of esters is 1. The monoisotopic (exact) mass is 326 g/mol. The third kappa shape index (κ3) is 4.42. The van der Waals surface area contributed by atoms with Gasteiger partial charge < -0.3 is 20.1 Å². The Labute approximate surface area is 124 Å². The first-order valence-electron chi connectivity index (χ1n) is 6.12. The second-order valence-electron chi connectivity index (χ2n) is 4.19. The number of nitrogens with zero attached hydrogens (tertiary/aromatic N) is 1. The van der Waals surface area contributed by atoms with Gasteiger partial charge in [-0.2, -0.15) is 13.2 Å². The Morgan fingerprint density at radius 3 is 2.52 bits per heavy atom. The van der Waals surface area contributed by atoms with Crippen molar-refractivity contribution < 1.29 is 27.4 Å². The normalized spacial score (nSPS) is 11.3. The molecule has 0 aliphatic carbocycles. The van der Waals surface area contributed by atoms with Gasteiger partial charge in [-0.3, -0.25) is 0 Å². The highest BCUT2D eigenvalue weighted by atomic mass is 32.1. The van der Waals surface area contributed by atoms with Crippen molar-refractivity contribution in [1.29, 1.82) is 0 Å². The molecule has 0 aromatic carbocycles. The van der Waals surface area contributed by atoms with E-state index in [1.807, 2.05) is 0 Å². The second kappa shape index (κ2) is 6.88. The molecule has 0 aliphatic heterocycles. The first-order chi connectivity index (χ1) is 9.71. The van der Waals surface area contributed by atoms with E-state index in [4.69, 9.17) is 15.2 Å². The fourth-order valence-electron chi connectivity index (χ4n) is 1.61. The summed E-state index contributed by atoms with van der Waals surface area (Å²) in [7, 11) is 2.82. The highest BCUT2D eigenvalue weighted by molar-refractivity contribution is 7.19. The quantitative estimate of drug-likeness (QED) is 0.814. The first-order valence-corrected chi connectivity index (χ1v) is 6.94. The Bertz CT molecular complexity index is 503. The van der Waals surface area contributed by atoms with E-state index in [1.54, 1.807) is 6.92 Å². The minimum atomic E-state index is -4.26. The van der Waals surface area contributed by atoms with Crippen LogP contribution in [-0.2, 0) is 4.74 Å². The zero-order chi connectivity index (χ0) is 16.2. The van der Waals surface area contributed by atoms with Crippen molar-refractivity contribution in [1.82, 2.24) is 0 Å². The Kier molecular flexibility index (Phi) is 5.70. The van der Waals surface area contributed by atoms with Gasteiger partial charge in [0.25, 0.3) is 0 Å². The van der Waals surface area contributed by atoms with Crippen molar-refractivity contribution in [2.45, 2.75) is 19.5 Å². The number of carbonyl (C=O) groups is 1. The van der Waals surface area contributed by atoms with Crippen LogP contribution < -0.4 is 15.4 Å². The van der Waals surface area contributed by atoms with E-state index in [-0.39, 0.29) is 29.5 Å². The Morgan fingerprint density at radius 1 is 1.43 bits per heavy atom. The Hall–Kier alpha value is -1.64. The van der Waals surface area contributed by atoms with Crippen LogP contribution in [0.5, 0.6) is 5.75 Å². The molecule has 21 heavy (non-hydrogen) atoms. The molecule has 0 atom stereocenters. The standard InChI is InChI=1S/C12H17F3N2O3S/c1-4-20-11(18)9-7(16)8(19-3)10(21-9)17(2)6-5-12(13,14)15/h4-6,16H2,1-3H3. The minimum absolute atomic E-state index is 0.0785. The summed E-state index contributed by atoms with van der Waals surface area (Å²) in [5.41, 5.74) is 5.88. The molecular weight excluding hydrogens is 309 g/mol. The maximum atomic E-state index is 12.3. The molecule has 1 rings (SSSR count). The number of hydrogen-bond donors (Lipinski definition) is 1. The number of methoxy groups -OCH3 is 1. The molecule has 1 heterocycles. The van der Waals surface area contributed by atoms with Gasteiger partial charge in [0.15, 0.2) is 5.75 Å². The third-order valence-corrected chi connectivity index (χ3v) is 3.91. The van der Waals surface area contributed by atoms with E-state index in [9.17, 15) is 18.0 Å². The molecule has 2 N–H and O–H groups in total. The number of halogens is 3. The molecule has 1 aromatic heterocycles. The number of anilines is 2. The topological polar surface area (TPSA) is 64.8 Å². The summed E-state index contributed by atoms with van der Waals surface area (Å²) in [6.45, 7) is 1.56. The lowest BCUT2D eigenvalue weighted by atomic mass is 10.3. The van der Waals surface area contributed by atoms with Crippen molar-refractivity contribution in [3.05, 3.63) is 4.88 Å². The van der Waals surface area contributed by atoms with Gasteiger partial charge in [0.2, 0.25) is 0 Å². The van der Waals surface area contributed by atoms with Gasteiger partial charge in [-0.25, -0.2) is 4.79 Å². The van der Waals surface area contributed by atoms with Crippen molar-refractivity contribution in [2.24, 2.45) is 0 Å². The molecule has 1 aromatic rings. The van der Waals surface area contributed by atoms with E-state index in [0.29, 0.717) is 5.00 Å². The SMILES string of the molecule is CCOC(=O)c1sc(N(C)CCC(F)(F)F)c(OC)c1N. The number of alkyl halides is 3. The molecule has 0 fully saturated rings. The van der Waals surface area contributed by atoms with Crippen LogP contribution in [0.3, 0.4) is 0 Å². The molecule has 0 saturated heterocycles. The summed E-state index contributed by atoms with van der Waals surface area (Å²) in [5.74, 6) is -0.429. The van der Waals surface area contributed by atoms with Crippen LogP contribution in [0.25, 0.3) is 0 Å². The molecule has 0 aliphatic rings. The highest BCUT2D eigenvalue weighted by Crippen LogP contribution is 2.44. The minimum Gasteiger partial charge on any atom is -0.492 e. The lowest BCUT2D eigenvalue weighted by Gasteiger charge is -2.19. The molecule has 0 saturated carbocycles. The van der Waals surface area contributed by atoms with Crippen molar-refractivity contribution in [3.63, 3.8) is 0 Å². The number of ether oxygens (including phenoxy) is 2. The van der Waals surface area contributed by atoms with E-state index in [0.717, 1.165) is 11.3 Å². The summed E-state index contributed by atoms with van der Waals surface area (Å²) in [4.78, 5) is 13.2. The number of hydrogen-bond acceptors (Lipinski definition) is 6. The molecule has 9 heteroatoms. The van der Waals surface area contributed by atoms with Crippen LogP contribution in [-0.4, -0.2) is 39.5 Å². The van der Waals surface area contributed by atoms with Crippen molar-refractivity contribution in [2.75, 3.05) is 37.9 Å². The van der Waals surface area contributed by atoms with Gasteiger partial charge in [0, 0.05) is 13.6 Å². The van der Waals surface area contributed by atoms with Crippen molar-refractivity contribution >= 4 is 28.0 Å². The summed E-state index contributed by atoms with van der Waals surface area (Å²) in [6.07, 6.45) is -5.23. The van der Waals surface area contributed by atoms with Crippen LogP contribution in [0, 0.1) is 0 Å². The molecule has 5 nitrogen and oxygen atoms in total. The number of thiophene rings is 1. The molecule has 0 unspecified atom stereocenters. The average molecular weight is 326 g/mol. The summed E-state index contributed by atoms with van der Waals surface area (Å²) >= 11 is 0.951. The lowest BCUT2D eigenvalue weighted by Crippen LogP contribution is -2.23. The predicted molar refractivity (Wildman–Crippen MR) is 75.2 cm³/mol. The molecule has 120 valence electrons. The number of nitrogens with two attached hydrogens (primary N) is 1. The Morgan fingerprint density at radius 2 is 2.05 bits per heavy atom. The van der Waals surface area contributed by atoms with E-state index < -0.39 is 18.6 Å². The number of rotatable bonds is 6. The van der Waals surface area contributed by atoms with Crippen molar-refractivity contribution in [3.8, 4) is 5.75 Å². The average Bonchev–Trinajstić information content (AvgIpc) is 2.72. The largest absolute Gasteiger partial charge is 0.492 e.